The first-order chi connectivity index (χ1) is 8.27. The summed E-state index contributed by atoms with van der Waals surface area (Å²) in [6.45, 7) is 2.13. The van der Waals surface area contributed by atoms with Crippen molar-refractivity contribution in [1.82, 2.24) is 4.98 Å². The van der Waals surface area contributed by atoms with E-state index in [0.29, 0.717) is 23.4 Å². The summed E-state index contributed by atoms with van der Waals surface area (Å²) in [5.41, 5.74) is 1.18. The van der Waals surface area contributed by atoms with Crippen LogP contribution < -0.4 is 4.74 Å². The third kappa shape index (κ3) is 2.06. The summed E-state index contributed by atoms with van der Waals surface area (Å²) >= 11 is 0. The summed E-state index contributed by atoms with van der Waals surface area (Å²) in [5.74, 6) is 0.307. The molecule has 1 aromatic heterocycles. The second-order valence-corrected chi connectivity index (χ2v) is 3.44. The maximum Gasteiger partial charge on any atom is 0.338 e. The van der Waals surface area contributed by atoms with Gasteiger partial charge < -0.3 is 9.47 Å². The van der Waals surface area contributed by atoms with Crippen LogP contribution in [0.5, 0.6) is 5.75 Å². The summed E-state index contributed by atoms with van der Waals surface area (Å²) in [6, 6.07) is 7.12. The molecule has 0 radical (unpaired) electrons. The SMILES string of the molecule is CCOC(=O)c1ccnc2c(OC)cccc12. The van der Waals surface area contributed by atoms with E-state index < -0.39 is 0 Å². The number of benzene rings is 1. The van der Waals surface area contributed by atoms with E-state index in [2.05, 4.69) is 4.98 Å². The van der Waals surface area contributed by atoms with Crippen molar-refractivity contribution < 1.29 is 14.3 Å². The second kappa shape index (κ2) is 4.82. The molecular weight excluding hydrogens is 218 g/mol. The number of para-hydroxylation sites is 1. The Morgan fingerprint density at radius 2 is 2.18 bits per heavy atom. The number of methoxy groups -OCH3 is 1. The third-order valence-corrected chi connectivity index (χ3v) is 2.45. The van der Waals surface area contributed by atoms with E-state index in [0.717, 1.165) is 5.39 Å². The first-order valence-electron chi connectivity index (χ1n) is 5.36. The van der Waals surface area contributed by atoms with Crippen molar-refractivity contribution in [2.45, 2.75) is 6.92 Å². The number of hydrogen-bond acceptors (Lipinski definition) is 4. The van der Waals surface area contributed by atoms with Crippen molar-refractivity contribution in [2.24, 2.45) is 0 Å². The fourth-order valence-corrected chi connectivity index (χ4v) is 1.70. The van der Waals surface area contributed by atoms with E-state index >= 15 is 0 Å². The number of hydrogen-bond donors (Lipinski definition) is 0. The molecule has 4 heteroatoms. The quantitative estimate of drug-likeness (QED) is 0.761. The van der Waals surface area contributed by atoms with Gasteiger partial charge in [-0.05, 0) is 19.1 Å². The highest BCUT2D eigenvalue weighted by Crippen LogP contribution is 2.25. The lowest BCUT2D eigenvalue weighted by molar-refractivity contribution is 0.0528. The summed E-state index contributed by atoms with van der Waals surface area (Å²) < 4.78 is 10.2. The Balaban J connectivity index is 2.62. The highest BCUT2D eigenvalue weighted by Gasteiger charge is 2.13. The van der Waals surface area contributed by atoms with Crippen LogP contribution in [0.4, 0.5) is 0 Å². The lowest BCUT2D eigenvalue weighted by atomic mass is 10.1. The molecule has 17 heavy (non-hydrogen) atoms. The molecule has 2 aromatic rings. The average molecular weight is 231 g/mol. The predicted molar refractivity (Wildman–Crippen MR) is 64.3 cm³/mol. The molecule has 0 fully saturated rings. The number of nitrogens with zero attached hydrogens (tertiary/aromatic N) is 1. The van der Waals surface area contributed by atoms with Crippen LogP contribution in [0.25, 0.3) is 10.9 Å². The number of esters is 1. The summed E-state index contributed by atoms with van der Waals surface area (Å²) in [4.78, 5) is 16.0. The van der Waals surface area contributed by atoms with Crippen LogP contribution in [0.1, 0.15) is 17.3 Å². The van der Waals surface area contributed by atoms with Gasteiger partial charge in [0.05, 0.1) is 19.3 Å². The van der Waals surface area contributed by atoms with Crippen LogP contribution in [0.2, 0.25) is 0 Å². The van der Waals surface area contributed by atoms with Gasteiger partial charge in [0.25, 0.3) is 0 Å². The second-order valence-electron chi connectivity index (χ2n) is 3.44. The van der Waals surface area contributed by atoms with Gasteiger partial charge in [-0.3, -0.25) is 4.98 Å². The van der Waals surface area contributed by atoms with Crippen LogP contribution in [0.15, 0.2) is 30.5 Å². The van der Waals surface area contributed by atoms with E-state index in [1.165, 1.54) is 0 Å². The minimum Gasteiger partial charge on any atom is -0.494 e. The van der Waals surface area contributed by atoms with Gasteiger partial charge in [-0.2, -0.15) is 0 Å². The number of carbonyl (C=O) groups is 1. The zero-order chi connectivity index (χ0) is 12.3. The number of ether oxygens (including phenoxy) is 2. The van der Waals surface area contributed by atoms with Gasteiger partial charge >= 0.3 is 5.97 Å². The monoisotopic (exact) mass is 231 g/mol. The van der Waals surface area contributed by atoms with E-state index in [9.17, 15) is 4.79 Å². The molecule has 0 aliphatic rings. The number of fused-ring (bicyclic) bond motifs is 1. The predicted octanol–water partition coefficient (Wildman–Crippen LogP) is 2.42. The Hall–Kier alpha value is -2.10. The van der Waals surface area contributed by atoms with Crippen molar-refractivity contribution in [1.29, 1.82) is 0 Å². The summed E-state index contributed by atoms with van der Waals surface area (Å²) in [7, 11) is 1.58. The molecule has 0 atom stereocenters. The van der Waals surface area contributed by atoms with E-state index in [4.69, 9.17) is 9.47 Å². The average Bonchev–Trinajstić information content (AvgIpc) is 2.37. The van der Waals surface area contributed by atoms with Crippen molar-refractivity contribution in [3.8, 4) is 5.75 Å². The van der Waals surface area contributed by atoms with E-state index in [1.54, 1.807) is 26.3 Å². The Morgan fingerprint density at radius 1 is 1.35 bits per heavy atom. The largest absolute Gasteiger partial charge is 0.494 e. The van der Waals surface area contributed by atoms with Crippen molar-refractivity contribution >= 4 is 16.9 Å². The van der Waals surface area contributed by atoms with Crippen LogP contribution in [0, 0.1) is 0 Å². The highest BCUT2D eigenvalue weighted by molar-refractivity contribution is 6.04. The molecular formula is C13H13NO3. The zero-order valence-electron chi connectivity index (χ0n) is 9.77. The molecule has 1 aromatic carbocycles. The van der Waals surface area contributed by atoms with Crippen LogP contribution in [-0.2, 0) is 4.74 Å². The lowest BCUT2D eigenvalue weighted by Crippen LogP contribution is -2.05. The maximum atomic E-state index is 11.8. The standard InChI is InChI=1S/C13H13NO3/c1-3-17-13(15)10-7-8-14-12-9(10)5-4-6-11(12)16-2/h4-8H,3H2,1-2H3. The minimum absolute atomic E-state index is 0.340. The first-order valence-corrected chi connectivity index (χ1v) is 5.36. The van der Waals surface area contributed by atoms with E-state index in [-0.39, 0.29) is 5.97 Å². The Kier molecular flexibility index (Phi) is 3.23. The van der Waals surface area contributed by atoms with Crippen LogP contribution in [-0.4, -0.2) is 24.7 Å². The molecule has 0 N–H and O–H groups in total. The fourth-order valence-electron chi connectivity index (χ4n) is 1.70. The maximum absolute atomic E-state index is 11.8. The lowest BCUT2D eigenvalue weighted by Gasteiger charge is -2.08. The Labute approximate surface area is 99.2 Å². The Bertz CT molecular complexity index is 551. The van der Waals surface area contributed by atoms with Gasteiger partial charge in [-0.25, -0.2) is 4.79 Å². The molecule has 0 amide bonds. The molecule has 0 unspecified atom stereocenters. The summed E-state index contributed by atoms with van der Waals surface area (Å²) in [6.07, 6.45) is 1.58. The van der Waals surface area contributed by atoms with Gasteiger partial charge in [-0.15, -0.1) is 0 Å². The first kappa shape index (κ1) is 11.4. The molecule has 4 nitrogen and oxygen atoms in total. The smallest absolute Gasteiger partial charge is 0.338 e. The number of rotatable bonds is 3. The molecule has 1 heterocycles. The number of carbonyl (C=O) groups excluding carboxylic acids is 1. The minimum atomic E-state index is -0.340. The normalized spacial score (nSPS) is 10.2. The van der Waals surface area contributed by atoms with Crippen LogP contribution in [0.3, 0.4) is 0 Å². The van der Waals surface area contributed by atoms with Gasteiger partial charge in [0.2, 0.25) is 0 Å². The fraction of sp³-hybridized carbons (Fsp3) is 0.231. The molecule has 0 spiro atoms. The molecule has 0 saturated heterocycles. The molecule has 0 aliphatic carbocycles. The zero-order valence-corrected chi connectivity index (χ0v) is 9.77. The molecule has 0 saturated carbocycles. The van der Waals surface area contributed by atoms with Gasteiger partial charge in [0, 0.05) is 11.6 Å². The molecule has 0 aliphatic heterocycles. The van der Waals surface area contributed by atoms with Crippen molar-refractivity contribution in [3.05, 3.63) is 36.0 Å². The van der Waals surface area contributed by atoms with Gasteiger partial charge in [-0.1, -0.05) is 12.1 Å². The highest BCUT2D eigenvalue weighted by atomic mass is 16.5. The van der Waals surface area contributed by atoms with Crippen LogP contribution >= 0.6 is 0 Å². The molecule has 88 valence electrons. The number of aromatic nitrogens is 1. The Morgan fingerprint density at radius 3 is 2.88 bits per heavy atom. The molecule has 2 rings (SSSR count). The molecule has 0 bridgehead atoms. The van der Waals surface area contributed by atoms with Crippen molar-refractivity contribution in [2.75, 3.05) is 13.7 Å². The third-order valence-electron chi connectivity index (χ3n) is 2.45. The van der Waals surface area contributed by atoms with E-state index in [1.807, 2.05) is 18.2 Å². The topological polar surface area (TPSA) is 48.4 Å². The number of pyridine rings is 1. The summed E-state index contributed by atoms with van der Waals surface area (Å²) in [5, 5.41) is 0.741. The van der Waals surface area contributed by atoms with Crippen molar-refractivity contribution in [3.63, 3.8) is 0 Å². The van der Waals surface area contributed by atoms with Gasteiger partial charge in [0.15, 0.2) is 0 Å². The van der Waals surface area contributed by atoms with Gasteiger partial charge in [0.1, 0.15) is 11.3 Å².